The fourth-order valence-corrected chi connectivity index (χ4v) is 2.82. The van der Waals surface area contributed by atoms with E-state index in [-0.39, 0.29) is 17.8 Å². The summed E-state index contributed by atoms with van der Waals surface area (Å²) in [6.45, 7) is 0. The number of fused-ring (bicyclic) bond motifs is 1. The Hall–Kier alpha value is -2.87. The number of alkyl halides is 3. The van der Waals surface area contributed by atoms with Crippen molar-refractivity contribution in [3.63, 3.8) is 0 Å². The summed E-state index contributed by atoms with van der Waals surface area (Å²) in [5.74, 6) is -1.21. The van der Waals surface area contributed by atoms with Crippen LogP contribution in [0.1, 0.15) is 27.3 Å². The molecule has 0 amide bonds. The van der Waals surface area contributed by atoms with E-state index in [4.69, 9.17) is 11.6 Å². The van der Waals surface area contributed by atoms with Gasteiger partial charge in [0.2, 0.25) is 5.78 Å². The van der Waals surface area contributed by atoms with E-state index in [9.17, 15) is 22.8 Å². The number of nitrogens with zero attached hydrogens (tertiary/aromatic N) is 1. The Labute approximate surface area is 156 Å². The number of carbonyl (C=O) groups excluding carboxylic acids is 2. The molecule has 0 fully saturated rings. The Balaban J connectivity index is 2.07. The highest BCUT2D eigenvalue weighted by atomic mass is 35.5. The summed E-state index contributed by atoms with van der Waals surface area (Å²) in [5, 5.41) is 1.00. The van der Waals surface area contributed by atoms with E-state index in [0.29, 0.717) is 27.7 Å². The number of aromatic amines is 1. The lowest BCUT2D eigenvalue weighted by atomic mass is 10.0. The van der Waals surface area contributed by atoms with Crippen molar-refractivity contribution in [1.82, 2.24) is 9.97 Å². The van der Waals surface area contributed by atoms with Crippen molar-refractivity contribution in [2.24, 2.45) is 0 Å². The topological polar surface area (TPSA) is 72.1 Å². The molecule has 1 aromatic carbocycles. The van der Waals surface area contributed by atoms with Gasteiger partial charge in [0.15, 0.2) is 0 Å². The highest BCUT2D eigenvalue weighted by Crippen LogP contribution is 2.30. The number of nitrogens with one attached hydrogen (secondary N) is 1. The van der Waals surface area contributed by atoms with Crippen LogP contribution < -0.4 is 0 Å². The van der Waals surface area contributed by atoms with Crippen LogP contribution in [-0.2, 0) is 22.1 Å². The van der Waals surface area contributed by atoms with Crippen LogP contribution >= 0.6 is 11.6 Å². The van der Waals surface area contributed by atoms with E-state index in [0.717, 1.165) is 12.1 Å². The molecular weight excluding hydrogens is 385 g/mol. The van der Waals surface area contributed by atoms with Gasteiger partial charge in [-0.1, -0.05) is 17.7 Å². The molecule has 2 heterocycles. The van der Waals surface area contributed by atoms with Crippen LogP contribution in [0.25, 0.3) is 10.9 Å². The molecule has 0 radical (unpaired) electrons. The first kappa shape index (κ1) is 18.9. The fourth-order valence-electron chi connectivity index (χ4n) is 2.65. The number of ether oxygens (including phenoxy) is 1. The van der Waals surface area contributed by atoms with E-state index in [1.165, 1.54) is 7.11 Å². The number of aromatic nitrogens is 2. The summed E-state index contributed by atoms with van der Waals surface area (Å²) in [5.41, 5.74) is -0.231. The van der Waals surface area contributed by atoms with Crippen molar-refractivity contribution < 1.29 is 27.5 Å². The van der Waals surface area contributed by atoms with Crippen LogP contribution in [0.2, 0.25) is 5.02 Å². The molecule has 5 nitrogen and oxygen atoms in total. The maximum Gasteiger partial charge on any atom is 0.417 e. The van der Waals surface area contributed by atoms with Gasteiger partial charge in [-0.3, -0.25) is 14.6 Å². The Morgan fingerprint density at radius 2 is 1.96 bits per heavy atom. The molecule has 2 aromatic heterocycles. The molecule has 0 bridgehead atoms. The summed E-state index contributed by atoms with van der Waals surface area (Å²) < 4.78 is 42.7. The number of hydrogen-bond acceptors (Lipinski definition) is 4. The van der Waals surface area contributed by atoms with Gasteiger partial charge in [-0.05, 0) is 24.3 Å². The van der Waals surface area contributed by atoms with Gasteiger partial charge in [0, 0.05) is 27.7 Å². The lowest BCUT2D eigenvalue weighted by Gasteiger charge is -2.07. The first-order chi connectivity index (χ1) is 12.7. The number of esters is 1. The Morgan fingerprint density at radius 1 is 1.22 bits per heavy atom. The zero-order valence-corrected chi connectivity index (χ0v) is 14.6. The summed E-state index contributed by atoms with van der Waals surface area (Å²) in [6.07, 6.45) is -4.16. The van der Waals surface area contributed by atoms with Gasteiger partial charge in [0.05, 0.1) is 24.8 Å². The Bertz CT molecular complexity index is 1030. The molecule has 0 spiro atoms. The zero-order chi connectivity index (χ0) is 19.8. The molecule has 3 aromatic rings. The van der Waals surface area contributed by atoms with Crippen LogP contribution in [-0.4, -0.2) is 28.8 Å². The predicted molar refractivity (Wildman–Crippen MR) is 91.7 cm³/mol. The second kappa shape index (κ2) is 7.03. The largest absolute Gasteiger partial charge is 0.469 e. The normalized spacial score (nSPS) is 11.6. The first-order valence-corrected chi connectivity index (χ1v) is 8.03. The van der Waals surface area contributed by atoms with Gasteiger partial charge < -0.3 is 9.72 Å². The minimum absolute atomic E-state index is 0.0462. The average Bonchev–Trinajstić information content (AvgIpc) is 2.97. The molecule has 27 heavy (non-hydrogen) atoms. The Morgan fingerprint density at radius 3 is 2.56 bits per heavy atom. The van der Waals surface area contributed by atoms with Crippen LogP contribution in [0.4, 0.5) is 13.2 Å². The smallest absolute Gasteiger partial charge is 0.417 e. The first-order valence-electron chi connectivity index (χ1n) is 7.65. The molecular formula is C18H12ClF3N2O3. The number of methoxy groups -OCH3 is 1. The number of carbonyl (C=O) groups is 2. The Kier molecular flexibility index (Phi) is 4.93. The van der Waals surface area contributed by atoms with E-state index in [1.807, 2.05) is 0 Å². The summed E-state index contributed by atoms with van der Waals surface area (Å²) in [4.78, 5) is 31.0. The number of H-pyrrole nitrogens is 1. The lowest BCUT2D eigenvalue weighted by Crippen LogP contribution is -2.12. The van der Waals surface area contributed by atoms with Crippen molar-refractivity contribution in [2.45, 2.75) is 12.6 Å². The monoisotopic (exact) mass is 396 g/mol. The SMILES string of the molecule is COC(=O)Cc1c(C(=O)c2ccc(C(F)(F)F)cn2)[nH]c2cc(Cl)ccc12. The number of halogens is 4. The zero-order valence-electron chi connectivity index (χ0n) is 13.9. The van der Waals surface area contributed by atoms with Gasteiger partial charge in [-0.15, -0.1) is 0 Å². The molecule has 1 N–H and O–H groups in total. The van der Waals surface area contributed by atoms with E-state index in [1.54, 1.807) is 18.2 Å². The minimum atomic E-state index is -4.55. The standard InChI is InChI=1S/C18H12ClF3N2O3/c1-27-15(25)7-12-11-4-3-10(19)6-14(11)24-16(12)17(26)13-5-2-9(8-23-13)18(20,21)22/h2-6,8,24H,7H2,1H3. The van der Waals surface area contributed by atoms with Crippen LogP contribution in [0.5, 0.6) is 0 Å². The van der Waals surface area contributed by atoms with Crippen LogP contribution in [0.3, 0.4) is 0 Å². The molecule has 0 aliphatic rings. The van der Waals surface area contributed by atoms with Crippen molar-refractivity contribution in [2.75, 3.05) is 7.11 Å². The van der Waals surface area contributed by atoms with Crippen molar-refractivity contribution in [3.05, 3.63) is 64.1 Å². The summed E-state index contributed by atoms with van der Waals surface area (Å²) in [6, 6.07) is 6.59. The molecule has 0 saturated carbocycles. The second-order valence-corrected chi connectivity index (χ2v) is 6.12. The van der Waals surface area contributed by atoms with Gasteiger partial charge in [0.25, 0.3) is 0 Å². The summed E-state index contributed by atoms with van der Waals surface area (Å²) >= 11 is 5.95. The van der Waals surface area contributed by atoms with Gasteiger partial charge >= 0.3 is 12.1 Å². The van der Waals surface area contributed by atoms with E-state index in [2.05, 4.69) is 14.7 Å². The number of ketones is 1. The lowest BCUT2D eigenvalue weighted by molar-refractivity contribution is -0.140. The van der Waals surface area contributed by atoms with Gasteiger partial charge in [-0.2, -0.15) is 13.2 Å². The minimum Gasteiger partial charge on any atom is -0.469 e. The molecule has 0 aliphatic carbocycles. The van der Waals surface area contributed by atoms with Crippen molar-refractivity contribution in [3.8, 4) is 0 Å². The van der Waals surface area contributed by atoms with Crippen molar-refractivity contribution in [1.29, 1.82) is 0 Å². The molecule has 3 rings (SSSR count). The fraction of sp³-hybridized carbons (Fsp3) is 0.167. The maximum atomic E-state index is 12.8. The third kappa shape index (κ3) is 3.80. The molecule has 9 heteroatoms. The van der Waals surface area contributed by atoms with Crippen LogP contribution in [0.15, 0.2) is 36.5 Å². The second-order valence-electron chi connectivity index (χ2n) is 5.68. The van der Waals surface area contributed by atoms with Gasteiger partial charge in [-0.25, -0.2) is 0 Å². The molecule has 0 atom stereocenters. The van der Waals surface area contributed by atoms with Crippen molar-refractivity contribution >= 4 is 34.3 Å². The van der Waals surface area contributed by atoms with E-state index >= 15 is 0 Å². The molecule has 0 unspecified atom stereocenters. The third-order valence-electron chi connectivity index (χ3n) is 3.97. The molecule has 0 saturated heterocycles. The number of benzene rings is 1. The van der Waals surface area contributed by atoms with Crippen LogP contribution in [0, 0.1) is 0 Å². The number of rotatable bonds is 4. The molecule has 0 aliphatic heterocycles. The maximum absolute atomic E-state index is 12.8. The highest BCUT2D eigenvalue weighted by molar-refractivity contribution is 6.31. The average molecular weight is 397 g/mol. The predicted octanol–water partition coefficient (Wildman–Crippen LogP) is 4.18. The van der Waals surface area contributed by atoms with E-state index < -0.39 is 23.5 Å². The molecule has 140 valence electrons. The number of pyridine rings is 1. The quantitative estimate of drug-likeness (QED) is 0.530. The number of hydrogen-bond donors (Lipinski definition) is 1. The third-order valence-corrected chi connectivity index (χ3v) is 4.20. The summed E-state index contributed by atoms with van der Waals surface area (Å²) in [7, 11) is 1.22. The highest BCUT2D eigenvalue weighted by Gasteiger charge is 2.31. The van der Waals surface area contributed by atoms with Gasteiger partial charge in [0.1, 0.15) is 5.69 Å².